The zero-order chi connectivity index (χ0) is 13.8. The van der Waals surface area contributed by atoms with E-state index in [-0.39, 0.29) is 0 Å². The van der Waals surface area contributed by atoms with Gasteiger partial charge in [0, 0.05) is 18.1 Å². The van der Waals surface area contributed by atoms with Crippen LogP contribution in [0.2, 0.25) is 10.0 Å². The molecule has 2 aromatic rings. The summed E-state index contributed by atoms with van der Waals surface area (Å²) in [4.78, 5) is 0. The third-order valence-electron chi connectivity index (χ3n) is 3.42. The lowest BCUT2D eigenvalue weighted by Gasteiger charge is -2.06. The second-order valence-corrected chi connectivity index (χ2v) is 5.64. The first-order valence-corrected chi connectivity index (χ1v) is 7.60. The topological polar surface area (TPSA) is 30.9 Å². The third kappa shape index (κ3) is 3.07. The van der Waals surface area contributed by atoms with Gasteiger partial charge in [0.15, 0.2) is 0 Å². The Bertz CT molecular complexity index is 561. The number of aromatic nitrogens is 1. The highest BCUT2D eigenvalue weighted by Crippen LogP contribution is 2.34. The zero-order valence-electron chi connectivity index (χ0n) is 11.3. The van der Waals surface area contributed by atoms with E-state index in [1.165, 1.54) is 10.9 Å². The van der Waals surface area contributed by atoms with Gasteiger partial charge in [-0.2, -0.15) is 0 Å². The van der Waals surface area contributed by atoms with E-state index in [0.29, 0.717) is 16.6 Å². The lowest BCUT2D eigenvalue weighted by Crippen LogP contribution is -2.00. The van der Waals surface area contributed by atoms with Gasteiger partial charge in [-0.3, -0.25) is 0 Å². The number of hydrogen-bond acceptors (Lipinski definition) is 1. The molecule has 4 heteroatoms. The molecule has 1 heterocycles. The van der Waals surface area contributed by atoms with Crippen molar-refractivity contribution < 1.29 is 0 Å². The van der Waals surface area contributed by atoms with Crippen molar-refractivity contribution in [3.63, 3.8) is 0 Å². The van der Waals surface area contributed by atoms with E-state index in [1.807, 2.05) is 6.07 Å². The van der Waals surface area contributed by atoms with E-state index in [2.05, 4.69) is 23.8 Å². The number of benzene rings is 1. The number of fused-ring (bicyclic) bond motifs is 1. The Balaban J connectivity index is 2.49. The molecule has 0 bridgehead atoms. The summed E-state index contributed by atoms with van der Waals surface area (Å²) >= 11 is 12.5. The second kappa shape index (κ2) is 6.65. The Labute approximate surface area is 124 Å². The molecule has 0 aliphatic carbocycles. The molecule has 0 fully saturated rings. The van der Waals surface area contributed by atoms with Gasteiger partial charge in [-0.25, -0.2) is 0 Å². The normalized spacial score (nSPS) is 11.4. The van der Waals surface area contributed by atoms with Crippen LogP contribution in [0.5, 0.6) is 0 Å². The number of nitrogens with two attached hydrogens (primary N) is 1. The van der Waals surface area contributed by atoms with Crippen LogP contribution in [0.1, 0.15) is 31.7 Å². The number of unbranched alkanes of at least 4 members (excludes halogenated alkanes) is 1. The molecule has 0 aliphatic heterocycles. The standard InChI is InChI=1S/C15H20Cl2N2/c1-2-3-9-19-10-11(5-4-8-18)12-6-7-13(16)14(17)15(12)19/h6-7,10H,2-5,8-9,18H2,1H3. The minimum atomic E-state index is 0.621. The van der Waals surface area contributed by atoms with Gasteiger partial charge in [0.25, 0.3) is 0 Å². The number of hydrogen-bond donors (Lipinski definition) is 1. The molecule has 2 N–H and O–H groups in total. The molecule has 0 amide bonds. The Morgan fingerprint density at radius 2 is 2.00 bits per heavy atom. The molecule has 2 rings (SSSR count). The number of halogens is 2. The summed E-state index contributed by atoms with van der Waals surface area (Å²) in [5.74, 6) is 0. The van der Waals surface area contributed by atoms with Crippen molar-refractivity contribution in [3.05, 3.63) is 33.9 Å². The Morgan fingerprint density at radius 1 is 1.21 bits per heavy atom. The van der Waals surface area contributed by atoms with Gasteiger partial charge in [0.1, 0.15) is 0 Å². The van der Waals surface area contributed by atoms with Crippen LogP contribution in [0.4, 0.5) is 0 Å². The van der Waals surface area contributed by atoms with E-state index in [9.17, 15) is 0 Å². The summed E-state index contributed by atoms with van der Waals surface area (Å²) in [5, 5.41) is 2.49. The van der Waals surface area contributed by atoms with E-state index in [1.54, 1.807) is 0 Å². The maximum atomic E-state index is 6.38. The van der Waals surface area contributed by atoms with Gasteiger partial charge >= 0.3 is 0 Å². The predicted molar refractivity (Wildman–Crippen MR) is 84.2 cm³/mol. The van der Waals surface area contributed by atoms with Gasteiger partial charge in [-0.05, 0) is 37.4 Å². The SMILES string of the molecule is CCCCn1cc(CCCN)c2ccc(Cl)c(Cl)c21. The van der Waals surface area contributed by atoms with Crippen LogP contribution in [0, 0.1) is 0 Å². The molecule has 0 aliphatic rings. The molecule has 0 atom stereocenters. The molecule has 1 aromatic carbocycles. The first-order valence-electron chi connectivity index (χ1n) is 6.84. The van der Waals surface area contributed by atoms with Crippen LogP contribution in [0.15, 0.2) is 18.3 Å². The third-order valence-corrected chi connectivity index (χ3v) is 4.21. The summed E-state index contributed by atoms with van der Waals surface area (Å²) in [5.41, 5.74) is 7.99. The van der Waals surface area contributed by atoms with E-state index < -0.39 is 0 Å². The van der Waals surface area contributed by atoms with Crippen molar-refractivity contribution in [2.24, 2.45) is 5.73 Å². The number of nitrogens with zero attached hydrogens (tertiary/aromatic N) is 1. The van der Waals surface area contributed by atoms with Gasteiger partial charge in [-0.1, -0.05) is 42.6 Å². The molecule has 0 unspecified atom stereocenters. The molecule has 0 saturated heterocycles. The Hall–Kier alpha value is -0.700. The smallest absolute Gasteiger partial charge is 0.0835 e. The molecule has 0 radical (unpaired) electrons. The fourth-order valence-electron chi connectivity index (χ4n) is 2.40. The van der Waals surface area contributed by atoms with Crippen LogP contribution < -0.4 is 5.73 Å². The average molecular weight is 299 g/mol. The first-order chi connectivity index (χ1) is 9.19. The molecular formula is C15H20Cl2N2. The highest BCUT2D eigenvalue weighted by Gasteiger charge is 2.13. The van der Waals surface area contributed by atoms with Crippen molar-refractivity contribution in [3.8, 4) is 0 Å². The largest absolute Gasteiger partial charge is 0.346 e. The molecule has 2 nitrogen and oxygen atoms in total. The van der Waals surface area contributed by atoms with Crippen LogP contribution in [-0.2, 0) is 13.0 Å². The van der Waals surface area contributed by atoms with Crippen molar-refractivity contribution in [1.82, 2.24) is 4.57 Å². The second-order valence-electron chi connectivity index (χ2n) is 4.85. The van der Waals surface area contributed by atoms with Crippen molar-refractivity contribution in [2.45, 2.75) is 39.2 Å². The van der Waals surface area contributed by atoms with E-state index in [0.717, 1.165) is 37.7 Å². The minimum Gasteiger partial charge on any atom is -0.346 e. The number of aryl methyl sites for hydroxylation is 2. The highest BCUT2D eigenvalue weighted by molar-refractivity contribution is 6.45. The van der Waals surface area contributed by atoms with E-state index >= 15 is 0 Å². The van der Waals surface area contributed by atoms with Crippen LogP contribution in [0.3, 0.4) is 0 Å². The average Bonchev–Trinajstić information content (AvgIpc) is 2.77. The summed E-state index contributed by atoms with van der Waals surface area (Å²) < 4.78 is 2.24. The summed E-state index contributed by atoms with van der Waals surface area (Å²) in [6.45, 7) is 3.88. The van der Waals surface area contributed by atoms with Gasteiger partial charge in [-0.15, -0.1) is 0 Å². The molecule has 0 spiro atoms. The van der Waals surface area contributed by atoms with Crippen molar-refractivity contribution >= 4 is 34.1 Å². The molecule has 104 valence electrons. The van der Waals surface area contributed by atoms with Crippen molar-refractivity contribution in [2.75, 3.05) is 6.54 Å². The van der Waals surface area contributed by atoms with Crippen LogP contribution in [0.25, 0.3) is 10.9 Å². The molecule has 19 heavy (non-hydrogen) atoms. The van der Waals surface area contributed by atoms with Crippen LogP contribution >= 0.6 is 23.2 Å². The molecule has 1 aromatic heterocycles. The summed E-state index contributed by atoms with van der Waals surface area (Å²) in [7, 11) is 0. The fraction of sp³-hybridized carbons (Fsp3) is 0.467. The fourth-order valence-corrected chi connectivity index (χ4v) is 2.82. The predicted octanol–water partition coefficient (Wildman–Crippen LogP) is 4.64. The molecular weight excluding hydrogens is 279 g/mol. The maximum absolute atomic E-state index is 6.38. The lowest BCUT2D eigenvalue weighted by molar-refractivity contribution is 0.647. The lowest BCUT2D eigenvalue weighted by atomic mass is 10.1. The Kier molecular flexibility index (Phi) is 5.14. The van der Waals surface area contributed by atoms with Gasteiger partial charge in [0.2, 0.25) is 0 Å². The summed E-state index contributed by atoms with van der Waals surface area (Å²) in [6, 6.07) is 3.94. The quantitative estimate of drug-likeness (QED) is 0.827. The molecule has 0 saturated carbocycles. The highest BCUT2D eigenvalue weighted by atomic mass is 35.5. The summed E-state index contributed by atoms with van der Waals surface area (Å²) in [6.07, 6.45) is 6.49. The first kappa shape index (κ1) is 14.7. The number of rotatable bonds is 6. The minimum absolute atomic E-state index is 0.621. The monoisotopic (exact) mass is 298 g/mol. The Morgan fingerprint density at radius 3 is 2.68 bits per heavy atom. The van der Waals surface area contributed by atoms with Gasteiger partial charge < -0.3 is 10.3 Å². The maximum Gasteiger partial charge on any atom is 0.0835 e. The van der Waals surface area contributed by atoms with Crippen molar-refractivity contribution in [1.29, 1.82) is 0 Å². The zero-order valence-corrected chi connectivity index (χ0v) is 12.8. The van der Waals surface area contributed by atoms with Gasteiger partial charge in [0.05, 0.1) is 15.6 Å². The van der Waals surface area contributed by atoms with E-state index in [4.69, 9.17) is 28.9 Å². The van der Waals surface area contributed by atoms with Crippen LogP contribution in [-0.4, -0.2) is 11.1 Å².